The Morgan fingerprint density at radius 1 is 1.41 bits per heavy atom. The van der Waals surface area contributed by atoms with Crippen molar-refractivity contribution in [3.8, 4) is 0 Å². The second-order valence-electron chi connectivity index (χ2n) is 6.46. The molecule has 0 aromatic carbocycles. The normalized spacial score (nSPS) is 24.6. The molecule has 22 heavy (non-hydrogen) atoms. The van der Waals surface area contributed by atoms with Gasteiger partial charge < -0.3 is 10.2 Å². The van der Waals surface area contributed by atoms with Crippen molar-refractivity contribution in [2.75, 3.05) is 32.7 Å². The summed E-state index contributed by atoms with van der Waals surface area (Å²) < 4.78 is 0. The van der Waals surface area contributed by atoms with Gasteiger partial charge in [-0.05, 0) is 43.2 Å². The fourth-order valence-electron chi connectivity index (χ4n) is 3.57. The van der Waals surface area contributed by atoms with E-state index in [0.29, 0.717) is 11.9 Å². The lowest BCUT2D eigenvalue weighted by atomic mass is 10.1. The van der Waals surface area contributed by atoms with Gasteiger partial charge in [-0.25, -0.2) is 0 Å². The van der Waals surface area contributed by atoms with Crippen molar-refractivity contribution >= 4 is 17.2 Å². The van der Waals surface area contributed by atoms with Gasteiger partial charge in [0.15, 0.2) is 0 Å². The van der Waals surface area contributed by atoms with Crippen molar-refractivity contribution in [2.24, 2.45) is 0 Å². The van der Waals surface area contributed by atoms with Crippen molar-refractivity contribution in [1.82, 2.24) is 15.1 Å². The van der Waals surface area contributed by atoms with Gasteiger partial charge in [0.25, 0.3) is 0 Å². The van der Waals surface area contributed by atoms with E-state index in [0.717, 1.165) is 52.0 Å². The third kappa shape index (κ3) is 3.21. The molecule has 2 unspecified atom stereocenters. The zero-order valence-corrected chi connectivity index (χ0v) is 14.5. The molecule has 4 nitrogen and oxygen atoms in total. The molecule has 3 heterocycles. The summed E-state index contributed by atoms with van der Waals surface area (Å²) in [5, 5.41) is 5.68. The number of likely N-dealkylation sites (tertiary alicyclic amines) is 1. The van der Waals surface area contributed by atoms with Crippen LogP contribution in [0, 0.1) is 6.92 Å². The molecule has 2 saturated heterocycles. The Hall–Kier alpha value is -0.910. The fraction of sp³-hybridized carbons (Fsp3) is 0.706. The maximum absolute atomic E-state index is 13.2. The molecule has 1 aromatic rings. The van der Waals surface area contributed by atoms with Gasteiger partial charge >= 0.3 is 0 Å². The average molecular weight is 321 g/mol. The van der Waals surface area contributed by atoms with E-state index < -0.39 is 0 Å². The smallest absolute Gasteiger partial charge is 0.245 e. The molecule has 1 amide bonds. The second-order valence-corrected chi connectivity index (χ2v) is 7.40. The highest BCUT2D eigenvalue weighted by molar-refractivity contribution is 7.10. The first kappa shape index (κ1) is 16.0. The van der Waals surface area contributed by atoms with E-state index in [2.05, 4.69) is 40.4 Å². The summed E-state index contributed by atoms with van der Waals surface area (Å²) >= 11 is 1.74. The number of hydrogen-bond acceptors (Lipinski definition) is 4. The average Bonchev–Trinajstić information content (AvgIpc) is 3.20. The Labute approximate surface area is 137 Å². The van der Waals surface area contributed by atoms with Crippen LogP contribution in [0.15, 0.2) is 11.4 Å². The molecule has 2 fully saturated rings. The standard InChI is InChI=1S/C17H27N3OS/c1-3-14-12-20(10-7-18-14)15(16-13(2)6-11-22-16)17(21)19-8-4-5-9-19/h6,11,14-15,18H,3-5,7-10,12H2,1-2H3. The van der Waals surface area contributed by atoms with E-state index >= 15 is 0 Å². The van der Waals surface area contributed by atoms with E-state index in [1.807, 2.05) is 0 Å². The van der Waals surface area contributed by atoms with Crippen LogP contribution < -0.4 is 5.32 Å². The van der Waals surface area contributed by atoms with Crippen molar-refractivity contribution in [2.45, 2.75) is 45.2 Å². The first-order valence-electron chi connectivity index (χ1n) is 8.51. The van der Waals surface area contributed by atoms with Gasteiger partial charge in [0, 0.05) is 43.6 Å². The fourth-order valence-corrected chi connectivity index (χ4v) is 4.62. The Bertz CT molecular complexity index is 510. The number of nitrogens with one attached hydrogen (secondary N) is 1. The summed E-state index contributed by atoms with van der Waals surface area (Å²) in [7, 11) is 0. The molecule has 0 saturated carbocycles. The van der Waals surface area contributed by atoms with Crippen molar-refractivity contribution in [3.05, 3.63) is 21.9 Å². The highest BCUT2D eigenvalue weighted by Gasteiger charge is 2.36. The highest BCUT2D eigenvalue weighted by Crippen LogP contribution is 2.32. The number of rotatable bonds is 4. The summed E-state index contributed by atoms with van der Waals surface area (Å²) in [6, 6.07) is 2.57. The Morgan fingerprint density at radius 3 is 2.82 bits per heavy atom. The highest BCUT2D eigenvalue weighted by atomic mass is 32.1. The molecular formula is C17H27N3OS. The van der Waals surface area contributed by atoms with Crippen molar-refractivity contribution in [1.29, 1.82) is 0 Å². The summed E-state index contributed by atoms with van der Waals surface area (Å²) in [5.41, 5.74) is 1.26. The molecule has 0 spiro atoms. The van der Waals surface area contributed by atoms with Crippen molar-refractivity contribution in [3.63, 3.8) is 0 Å². The quantitative estimate of drug-likeness (QED) is 0.925. The number of carbonyl (C=O) groups is 1. The van der Waals surface area contributed by atoms with Crippen LogP contribution in [0.3, 0.4) is 0 Å². The zero-order valence-electron chi connectivity index (χ0n) is 13.7. The minimum absolute atomic E-state index is 0.0748. The van der Waals surface area contributed by atoms with Gasteiger partial charge in [-0.3, -0.25) is 9.69 Å². The number of amides is 1. The van der Waals surface area contributed by atoms with E-state index in [4.69, 9.17) is 0 Å². The van der Waals surface area contributed by atoms with E-state index in [-0.39, 0.29) is 6.04 Å². The van der Waals surface area contributed by atoms with Crippen LogP contribution in [0.4, 0.5) is 0 Å². The van der Waals surface area contributed by atoms with Crippen LogP contribution in [0.5, 0.6) is 0 Å². The molecule has 1 aromatic heterocycles. The van der Waals surface area contributed by atoms with Crippen LogP contribution in [0.25, 0.3) is 0 Å². The first-order valence-corrected chi connectivity index (χ1v) is 9.39. The van der Waals surface area contributed by atoms with Gasteiger partial charge in [-0.1, -0.05) is 6.92 Å². The summed E-state index contributed by atoms with van der Waals surface area (Å²) in [6.07, 6.45) is 3.42. The number of carbonyl (C=O) groups excluding carboxylic acids is 1. The predicted octanol–water partition coefficient (Wildman–Crippen LogP) is 2.40. The van der Waals surface area contributed by atoms with E-state index in [1.165, 1.54) is 10.4 Å². The maximum atomic E-state index is 13.2. The molecule has 0 bridgehead atoms. The van der Waals surface area contributed by atoms with E-state index in [9.17, 15) is 4.79 Å². The van der Waals surface area contributed by atoms with Crippen LogP contribution in [0.1, 0.15) is 42.7 Å². The summed E-state index contributed by atoms with van der Waals surface area (Å²) in [4.78, 5) is 18.9. The molecule has 0 radical (unpaired) electrons. The number of thiophene rings is 1. The topological polar surface area (TPSA) is 35.6 Å². The van der Waals surface area contributed by atoms with Crippen molar-refractivity contribution < 1.29 is 4.79 Å². The molecular weight excluding hydrogens is 294 g/mol. The Balaban J connectivity index is 1.85. The molecule has 1 N–H and O–H groups in total. The predicted molar refractivity (Wildman–Crippen MR) is 91.3 cm³/mol. The number of aryl methyl sites for hydroxylation is 1. The third-order valence-electron chi connectivity index (χ3n) is 4.95. The van der Waals surface area contributed by atoms with E-state index in [1.54, 1.807) is 11.3 Å². The van der Waals surface area contributed by atoms with Gasteiger partial charge in [0.05, 0.1) is 0 Å². The van der Waals surface area contributed by atoms with Gasteiger partial charge in [-0.15, -0.1) is 11.3 Å². The molecule has 2 atom stereocenters. The van der Waals surface area contributed by atoms with Crippen LogP contribution in [-0.2, 0) is 4.79 Å². The zero-order chi connectivity index (χ0) is 15.5. The molecule has 2 aliphatic rings. The first-order chi connectivity index (χ1) is 10.7. The molecule has 0 aliphatic carbocycles. The monoisotopic (exact) mass is 321 g/mol. The second kappa shape index (κ2) is 7.11. The number of hydrogen-bond donors (Lipinski definition) is 1. The maximum Gasteiger partial charge on any atom is 0.245 e. The Morgan fingerprint density at radius 2 is 2.18 bits per heavy atom. The lowest BCUT2D eigenvalue weighted by molar-refractivity contribution is -0.136. The summed E-state index contributed by atoms with van der Waals surface area (Å²) in [5.74, 6) is 0.319. The molecule has 2 aliphatic heterocycles. The lowest BCUT2D eigenvalue weighted by Crippen LogP contribution is -2.54. The Kier molecular flexibility index (Phi) is 5.16. The number of piperazine rings is 1. The van der Waals surface area contributed by atoms with Gasteiger partial charge in [-0.2, -0.15) is 0 Å². The van der Waals surface area contributed by atoms with Crippen LogP contribution >= 0.6 is 11.3 Å². The third-order valence-corrected chi connectivity index (χ3v) is 6.02. The minimum atomic E-state index is -0.0748. The van der Waals surface area contributed by atoms with Crippen LogP contribution in [0.2, 0.25) is 0 Å². The number of nitrogens with zero attached hydrogens (tertiary/aromatic N) is 2. The summed E-state index contributed by atoms with van der Waals surface area (Å²) in [6.45, 7) is 9.12. The molecule has 5 heteroatoms. The van der Waals surface area contributed by atoms with Gasteiger partial charge in [0.2, 0.25) is 5.91 Å². The van der Waals surface area contributed by atoms with Crippen LogP contribution in [-0.4, -0.2) is 54.5 Å². The van der Waals surface area contributed by atoms with Gasteiger partial charge in [0.1, 0.15) is 6.04 Å². The SMILES string of the molecule is CCC1CN(C(C(=O)N2CCCC2)c2sccc2C)CCN1. The largest absolute Gasteiger partial charge is 0.341 e. The molecule has 122 valence electrons. The molecule has 3 rings (SSSR count). The minimum Gasteiger partial charge on any atom is -0.341 e. The lowest BCUT2D eigenvalue weighted by Gasteiger charge is -2.39.